The number of amides is 1. The van der Waals surface area contributed by atoms with Crippen molar-refractivity contribution in [2.75, 3.05) is 30.0 Å². The first-order valence-corrected chi connectivity index (χ1v) is 10.6. The van der Waals surface area contributed by atoms with Crippen LogP contribution >= 0.6 is 11.8 Å². The maximum atomic E-state index is 12.1. The zero-order valence-corrected chi connectivity index (χ0v) is 16.9. The van der Waals surface area contributed by atoms with E-state index in [9.17, 15) is 4.79 Å². The number of nitrogens with one attached hydrogen (secondary N) is 1. The van der Waals surface area contributed by atoms with Gasteiger partial charge >= 0.3 is 0 Å². The van der Waals surface area contributed by atoms with Crippen LogP contribution in [0.5, 0.6) is 0 Å². The molecule has 140 valence electrons. The van der Waals surface area contributed by atoms with Crippen LogP contribution in [0, 0.1) is 0 Å². The molecule has 0 saturated carbocycles. The SMILES string of the molecule is CSCC[C@H](N)C(=O)NC1CCN(c2ccc(C(C)(C)C)cc2)CC1. The first-order valence-electron chi connectivity index (χ1n) is 9.21. The lowest BCUT2D eigenvalue weighted by molar-refractivity contribution is -0.123. The molecule has 1 aliphatic heterocycles. The Labute approximate surface area is 156 Å². The fourth-order valence-electron chi connectivity index (χ4n) is 3.14. The van der Waals surface area contributed by atoms with Crippen molar-refractivity contribution in [3.05, 3.63) is 29.8 Å². The van der Waals surface area contributed by atoms with Gasteiger partial charge in [0.05, 0.1) is 6.04 Å². The summed E-state index contributed by atoms with van der Waals surface area (Å²) >= 11 is 1.73. The van der Waals surface area contributed by atoms with E-state index >= 15 is 0 Å². The van der Waals surface area contributed by atoms with Crippen LogP contribution in [-0.2, 0) is 10.2 Å². The zero-order chi connectivity index (χ0) is 18.4. The molecule has 1 fully saturated rings. The molecule has 1 saturated heterocycles. The highest BCUT2D eigenvalue weighted by Crippen LogP contribution is 2.26. The predicted molar refractivity (Wildman–Crippen MR) is 109 cm³/mol. The van der Waals surface area contributed by atoms with Crippen molar-refractivity contribution < 1.29 is 4.79 Å². The summed E-state index contributed by atoms with van der Waals surface area (Å²) < 4.78 is 0. The average molecular weight is 364 g/mol. The summed E-state index contributed by atoms with van der Waals surface area (Å²) in [5.74, 6) is 0.930. The fourth-order valence-corrected chi connectivity index (χ4v) is 3.63. The predicted octanol–water partition coefficient (Wildman–Crippen LogP) is 3.15. The molecule has 4 nitrogen and oxygen atoms in total. The van der Waals surface area contributed by atoms with Crippen LogP contribution in [-0.4, -0.2) is 43.1 Å². The van der Waals surface area contributed by atoms with Crippen molar-refractivity contribution in [1.29, 1.82) is 0 Å². The van der Waals surface area contributed by atoms with Gasteiger partial charge in [0.2, 0.25) is 5.91 Å². The van der Waals surface area contributed by atoms with Crippen LogP contribution in [0.15, 0.2) is 24.3 Å². The molecule has 1 atom stereocenters. The maximum Gasteiger partial charge on any atom is 0.237 e. The van der Waals surface area contributed by atoms with Gasteiger partial charge in [-0.15, -0.1) is 0 Å². The monoisotopic (exact) mass is 363 g/mol. The number of benzene rings is 1. The van der Waals surface area contributed by atoms with Crippen LogP contribution in [0.25, 0.3) is 0 Å². The van der Waals surface area contributed by atoms with E-state index in [2.05, 4.69) is 55.3 Å². The molecule has 1 heterocycles. The molecule has 0 aliphatic carbocycles. The molecule has 1 aliphatic rings. The largest absolute Gasteiger partial charge is 0.371 e. The standard InChI is InChI=1S/C20H33N3OS/c1-20(2,3)15-5-7-17(8-6-15)23-12-9-16(10-13-23)22-19(24)18(21)11-14-25-4/h5-8,16,18H,9-14,21H2,1-4H3,(H,22,24)/t18-/m0/s1. The Morgan fingerprint density at radius 2 is 1.88 bits per heavy atom. The quantitative estimate of drug-likeness (QED) is 0.815. The summed E-state index contributed by atoms with van der Waals surface area (Å²) in [6.45, 7) is 8.65. The molecule has 0 radical (unpaired) electrons. The van der Waals surface area contributed by atoms with E-state index in [-0.39, 0.29) is 23.4 Å². The van der Waals surface area contributed by atoms with Crippen molar-refractivity contribution >= 4 is 23.4 Å². The summed E-state index contributed by atoms with van der Waals surface area (Å²) in [5, 5.41) is 3.13. The minimum atomic E-state index is -0.379. The van der Waals surface area contributed by atoms with E-state index in [1.807, 2.05) is 6.26 Å². The highest BCUT2D eigenvalue weighted by atomic mass is 32.2. The van der Waals surface area contributed by atoms with Crippen LogP contribution < -0.4 is 16.0 Å². The molecule has 2 rings (SSSR count). The molecule has 1 aromatic rings. The third-order valence-corrected chi connectivity index (χ3v) is 5.55. The zero-order valence-electron chi connectivity index (χ0n) is 16.0. The van der Waals surface area contributed by atoms with E-state index in [1.165, 1.54) is 11.3 Å². The van der Waals surface area contributed by atoms with Gasteiger partial charge in [-0.05, 0) is 54.4 Å². The normalized spacial score (nSPS) is 17.4. The van der Waals surface area contributed by atoms with Gasteiger partial charge in [-0.1, -0.05) is 32.9 Å². The van der Waals surface area contributed by atoms with Crippen LogP contribution in [0.2, 0.25) is 0 Å². The summed E-state index contributed by atoms with van der Waals surface area (Å²) in [7, 11) is 0. The molecular formula is C20H33N3OS. The number of thioether (sulfide) groups is 1. The maximum absolute atomic E-state index is 12.1. The van der Waals surface area contributed by atoms with Crippen molar-refractivity contribution in [3.63, 3.8) is 0 Å². The van der Waals surface area contributed by atoms with E-state index in [4.69, 9.17) is 5.73 Å². The fraction of sp³-hybridized carbons (Fsp3) is 0.650. The van der Waals surface area contributed by atoms with Gasteiger partial charge in [-0.2, -0.15) is 11.8 Å². The second-order valence-electron chi connectivity index (χ2n) is 7.95. The number of nitrogens with two attached hydrogens (primary N) is 1. The Hall–Kier alpha value is -1.20. The Balaban J connectivity index is 1.82. The van der Waals surface area contributed by atoms with Crippen molar-refractivity contribution in [2.24, 2.45) is 5.73 Å². The molecule has 0 unspecified atom stereocenters. The molecule has 0 aromatic heterocycles. The number of hydrogen-bond acceptors (Lipinski definition) is 4. The Morgan fingerprint density at radius 3 is 2.40 bits per heavy atom. The molecule has 25 heavy (non-hydrogen) atoms. The minimum Gasteiger partial charge on any atom is -0.371 e. The van der Waals surface area contributed by atoms with E-state index < -0.39 is 0 Å². The van der Waals surface area contributed by atoms with Gasteiger partial charge < -0.3 is 16.0 Å². The first kappa shape index (κ1) is 20.1. The lowest BCUT2D eigenvalue weighted by Gasteiger charge is -2.34. The van der Waals surface area contributed by atoms with Gasteiger partial charge in [-0.3, -0.25) is 4.79 Å². The number of carbonyl (C=O) groups is 1. The summed E-state index contributed by atoms with van der Waals surface area (Å²) in [4.78, 5) is 14.5. The second-order valence-corrected chi connectivity index (χ2v) is 8.94. The van der Waals surface area contributed by atoms with Gasteiger partial charge in [0.1, 0.15) is 0 Å². The van der Waals surface area contributed by atoms with Crippen LogP contribution in [0.1, 0.15) is 45.6 Å². The third kappa shape index (κ3) is 5.93. The van der Waals surface area contributed by atoms with Crippen molar-refractivity contribution in [1.82, 2.24) is 5.32 Å². The minimum absolute atomic E-state index is 0.00188. The molecule has 3 N–H and O–H groups in total. The van der Waals surface area contributed by atoms with Gasteiger partial charge in [0.15, 0.2) is 0 Å². The average Bonchev–Trinajstić information content (AvgIpc) is 2.59. The number of piperidine rings is 1. The first-order chi connectivity index (χ1) is 11.8. The highest BCUT2D eigenvalue weighted by molar-refractivity contribution is 7.98. The Bertz CT molecular complexity index is 545. The lowest BCUT2D eigenvalue weighted by atomic mass is 9.87. The summed E-state index contributed by atoms with van der Waals surface area (Å²) in [6.07, 6.45) is 4.73. The topological polar surface area (TPSA) is 58.4 Å². The van der Waals surface area contributed by atoms with Crippen molar-refractivity contribution in [3.8, 4) is 0 Å². The molecule has 0 spiro atoms. The molecule has 0 bridgehead atoms. The number of nitrogens with zero attached hydrogens (tertiary/aromatic N) is 1. The summed E-state index contributed by atoms with van der Waals surface area (Å²) in [6, 6.07) is 8.77. The van der Waals surface area contributed by atoms with Gasteiger partial charge in [0.25, 0.3) is 0 Å². The van der Waals surface area contributed by atoms with Gasteiger partial charge in [0, 0.05) is 24.8 Å². The van der Waals surface area contributed by atoms with E-state index in [0.29, 0.717) is 0 Å². The van der Waals surface area contributed by atoms with Crippen LogP contribution in [0.3, 0.4) is 0 Å². The van der Waals surface area contributed by atoms with E-state index in [0.717, 1.165) is 38.1 Å². The third-order valence-electron chi connectivity index (χ3n) is 4.91. The second kappa shape index (κ2) is 8.95. The molecule has 1 aromatic carbocycles. The lowest BCUT2D eigenvalue weighted by Crippen LogP contribution is -2.49. The molecule has 1 amide bonds. The highest BCUT2D eigenvalue weighted by Gasteiger charge is 2.23. The molecular weight excluding hydrogens is 330 g/mol. The Kier molecular flexibility index (Phi) is 7.20. The molecule has 5 heteroatoms. The van der Waals surface area contributed by atoms with Gasteiger partial charge in [-0.25, -0.2) is 0 Å². The van der Waals surface area contributed by atoms with E-state index in [1.54, 1.807) is 11.8 Å². The smallest absolute Gasteiger partial charge is 0.237 e. The number of hydrogen-bond donors (Lipinski definition) is 2. The number of rotatable bonds is 6. The Morgan fingerprint density at radius 1 is 1.28 bits per heavy atom. The van der Waals surface area contributed by atoms with Crippen LogP contribution in [0.4, 0.5) is 5.69 Å². The van der Waals surface area contributed by atoms with Crippen molar-refractivity contribution in [2.45, 2.75) is 57.5 Å². The number of anilines is 1. The number of carbonyl (C=O) groups excluding carboxylic acids is 1. The summed E-state index contributed by atoms with van der Waals surface area (Å²) in [5.41, 5.74) is 8.77.